The van der Waals surface area contributed by atoms with Crippen molar-refractivity contribution >= 4 is 11.8 Å². The molecule has 0 aliphatic heterocycles. The van der Waals surface area contributed by atoms with Crippen LogP contribution in [-0.2, 0) is 6.42 Å². The molecule has 0 fully saturated rings. The van der Waals surface area contributed by atoms with Gasteiger partial charge >= 0.3 is 0 Å². The van der Waals surface area contributed by atoms with E-state index in [1.807, 2.05) is 18.2 Å². The summed E-state index contributed by atoms with van der Waals surface area (Å²) < 4.78 is 5.95. The molecule has 0 saturated carbocycles. The second-order valence-electron chi connectivity index (χ2n) is 4.43. The van der Waals surface area contributed by atoms with Crippen molar-refractivity contribution in [2.24, 2.45) is 5.73 Å². The maximum atomic E-state index is 5.95. The summed E-state index contributed by atoms with van der Waals surface area (Å²) in [5.41, 5.74) is 8.05. The largest absolute Gasteiger partial charge is 0.457 e. The smallest absolute Gasteiger partial charge is 0.130 e. The molecule has 2 aromatic rings. The fourth-order valence-electron chi connectivity index (χ4n) is 1.93. The second-order valence-corrected chi connectivity index (χ2v) is 5.31. The summed E-state index contributed by atoms with van der Waals surface area (Å²) >= 11 is 1.72. The zero-order valence-corrected chi connectivity index (χ0v) is 12.2. The first-order valence-electron chi connectivity index (χ1n) is 6.34. The Labute approximate surface area is 119 Å². The Morgan fingerprint density at radius 2 is 1.84 bits per heavy atom. The Hall–Kier alpha value is -1.45. The topological polar surface area (TPSA) is 35.2 Å². The summed E-state index contributed by atoms with van der Waals surface area (Å²) in [6.45, 7) is 2.71. The normalized spacial score (nSPS) is 10.5. The number of benzene rings is 2. The van der Waals surface area contributed by atoms with E-state index in [1.54, 1.807) is 11.8 Å². The van der Waals surface area contributed by atoms with Gasteiger partial charge < -0.3 is 10.5 Å². The number of hydrogen-bond acceptors (Lipinski definition) is 3. The van der Waals surface area contributed by atoms with Crippen LogP contribution in [0.4, 0.5) is 0 Å². The molecule has 0 atom stereocenters. The van der Waals surface area contributed by atoms with Crippen LogP contribution in [0.1, 0.15) is 11.1 Å². The van der Waals surface area contributed by atoms with Crippen LogP contribution in [0.5, 0.6) is 11.5 Å². The minimum absolute atomic E-state index is 0.630. The van der Waals surface area contributed by atoms with Gasteiger partial charge in [-0.15, -0.1) is 11.8 Å². The van der Waals surface area contributed by atoms with Crippen LogP contribution >= 0.6 is 11.8 Å². The third-order valence-corrected chi connectivity index (χ3v) is 3.66. The average molecular weight is 273 g/mol. The first-order chi connectivity index (χ1) is 9.22. The van der Waals surface area contributed by atoms with E-state index in [0.29, 0.717) is 6.54 Å². The zero-order chi connectivity index (χ0) is 13.7. The molecule has 0 aromatic heterocycles. The Morgan fingerprint density at radius 3 is 2.47 bits per heavy atom. The molecule has 0 bridgehead atoms. The fourth-order valence-corrected chi connectivity index (χ4v) is 2.34. The summed E-state index contributed by atoms with van der Waals surface area (Å²) in [5.74, 6) is 1.76. The lowest BCUT2D eigenvalue weighted by Crippen LogP contribution is -2.04. The molecular formula is C16H19NOS. The van der Waals surface area contributed by atoms with E-state index >= 15 is 0 Å². The van der Waals surface area contributed by atoms with E-state index in [-0.39, 0.29) is 0 Å². The van der Waals surface area contributed by atoms with Gasteiger partial charge in [0.2, 0.25) is 0 Å². The van der Waals surface area contributed by atoms with Gasteiger partial charge in [0.15, 0.2) is 0 Å². The SMILES string of the molecule is CSc1ccc(Oc2ccc(C)cc2CCN)cc1. The summed E-state index contributed by atoms with van der Waals surface area (Å²) in [7, 11) is 0. The van der Waals surface area contributed by atoms with Gasteiger partial charge in [0.1, 0.15) is 11.5 Å². The minimum Gasteiger partial charge on any atom is -0.457 e. The van der Waals surface area contributed by atoms with Crippen LogP contribution in [0.25, 0.3) is 0 Å². The Kier molecular flexibility index (Phi) is 4.88. The van der Waals surface area contributed by atoms with Crippen molar-refractivity contribution in [1.82, 2.24) is 0 Å². The molecule has 0 spiro atoms. The van der Waals surface area contributed by atoms with Crippen molar-refractivity contribution in [3.05, 3.63) is 53.6 Å². The Morgan fingerprint density at radius 1 is 1.11 bits per heavy atom. The number of nitrogens with two attached hydrogens (primary N) is 1. The van der Waals surface area contributed by atoms with Crippen LogP contribution in [-0.4, -0.2) is 12.8 Å². The van der Waals surface area contributed by atoms with Gasteiger partial charge in [0.25, 0.3) is 0 Å². The van der Waals surface area contributed by atoms with Crippen LogP contribution in [0.3, 0.4) is 0 Å². The van der Waals surface area contributed by atoms with Crippen molar-refractivity contribution in [3.63, 3.8) is 0 Å². The van der Waals surface area contributed by atoms with Crippen molar-refractivity contribution in [2.45, 2.75) is 18.2 Å². The molecule has 2 nitrogen and oxygen atoms in total. The number of hydrogen-bond donors (Lipinski definition) is 1. The van der Waals surface area contributed by atoms with E-state index in [9.17, 15) is 0 Å². The third kappa shape index (κ3) is 3.75. The van der Waals surface area contributed by atoms with Gasteiger partial charge in [-0.3, -0.25) is 0 Å². The number of aryl methyl sites for hydroxylation is 1. The monoisotopic (exact) mass is 273 g/mol. The molecule has 0 aliphatic rings. The summed E-state index contributed by atoms with van der Waals surface area (Å²) in [6.07, 6.45) is 2.90. The van der Waals surface area contributed by atoms with Gasteiger partial charge in [-0.25, -0.2) is 0 Å². The molecule has 100 valence electrons. The second kappa shape index (κ2) is 6.64. The molecule has 2 aromatic carbocycles. The van der Waals surface area contributed by atoms with E-state index in [4.69, 9.17) is 10.5 Å². The molecule has 2 rings (SSSR count). The third-order valence-electron chi connectivity index (χ3n) is 2.92. The van der Waals surface area contributed by atoms with Crippen molar-refractivity contribution in [3.8, 4) is 11.5 Å². The first kappa shape index (κ1) is 14.0. The maximum Gasteiger partial charge on any atom is 0.130 e. The van der Waals surface area contributed by atoms with Crippen molar-refractivity contribution in [1.29, 1.82) is 0 Å². The molecule has 0 heterocycles. The van der Waals surface area contributed by atoms with E-state index in [0.717, 1.165) is 23.5 Å². The van der Waals surface area contributed by atoms with Gasteiger partial charge in [-0.05, 0) is 62.0 Å². The van der Waals surface area contributed by atoms with Crippen molar-refractivity contribution < 1.29 is 4.74 Å². The van der Waals surface area contributed by atoms with Gasteiger partial charge in [0.05, 0.1) is 0 Å². The molecule has 0 aliphatic carbocycles. The molecule has 19 heavy (non-hydrogen) atoms. The Balaban J connectivity index is 2.21. The Bertz CT molecular complexity index is 537. The summed E-state index contributed by atoms with van der Waals surface area (Å²) in [5, 5.41) is 0. The van der Waals surface area contributed by atoms with Crippen molar-refractivity contribution in [2.75, 3.05) is 12.8 Å². The average Bonchev–Trinajstić information content (AvgIpc) is 2.43. The highest BCUT2D eigenvalue weighted by atomic mass is 32.2. The number of rotatable bonds is 5. The highest BCUT2D eigenvalue weighted by Crippen LogP contribution is 2.28. The molecule has 0 saturated heterocycles. The maximum absolute atomic E-state index is 5.95. The van der Waals surface area contributed by atoms with Crippen LogP contribution in [0.2, 0.25) is 0 Å². The van der Waals surface area contributed by atoms with Crippen LogP contribution in [0, 0.1) is 6.92 Å². The molecular weight excluding hydrogens is 254 g/mol. The summed E-state index contributed by atoms with van der Waals surface area (Å²) in [6, 6.07) is 14.3. The molecule has 0 radical (unpaired) electrons. The van der Waals surface area contributed by atoms with Crippen LogP contribution in [0.15, 0.2) is 47.4 Å². The van der Waals surface area contributed by atoms with Gasteiger partial charge in [-0.1, -0.05) is 17.7 Å². The number of thioether (sulfide) groups is 1. The predicted octanol–water partition coefficient (Wildman–Crippen LogP) is 4.01. The van der Waals surface area contributed by atoms with Crippen LogP contribution < -0.4 is 10.5 Å². The predicted molar refractivity (Wildman–Crippen MR) is 82.2 cm³/mol. The molecule has 0 amide bonds. The number of ether oxygens (including phenoxy) is 1. The zero-order valence-electron chi connectivity index (χ0n) is 11.3. The standard InChI is InChI=1S/C16H19NOS/c1-12-3-8-16(13(11-12)9-10-17)18-14-4-6-15(19-2)7-5-14/h3-8,11H,9-10,17H2,1-2H3. The molecule has 0 unspecified atom stereocenters. The van der Waals surface area contributed by atoms with E-state index in [1.165, 1.54) is 10.5 Å². The first-order valence-corrected chi connectivity index (χ1v) is 7.57. The highest BCUT2D eigenvalue weighted by molar-refractivity contribution is 7.98. The van der Waals surface area contributed by atoms with E-state index < -0.39 is 0 Å². The van der Waals surface area contributed by atoms with E-state index in [2.05, 4.69) is 37.4 Å². The molecule has 2 N–H and O–H groups in total. The lowest BCUT2D eigenvalue weighted by Gasteiger charge is -2.12. The highest BCUT2D eigenvalue weighted by Gasteiger charge is 2.05. The van der Waals surface area contributed by atoms with Gasteiger partial charge in [0, 0.05) is 4.90 Å². The lowest BCUT2D eigenvalue weighted by molar-refractivity contribution is 0.475. The van der Waals surface area contributed by atoms with Gasteiger partial charge in [-0.2, -0.15) is 0 Å². The quantitative estimate of drug-likeness (QED) is 0.836. The lowest BCUT2D eigenvalue weighted by atomic mass is 10.1. The fraction of sp³-hybridized carbons (Fsp3) is 0.250. The summed E-state index contributed by atoms with van der Waals surface area (Å²) in [4.78, 5) is 1.23. The molecule has 3 heteroatoms. The minimum atomic E-state index is 0.630.